The van der Waals surface area contributed by atoms with Crippen LogP contribution in [0.3, 0.4) is 0 Å². The van der Waals surface area contributed by atoms with Gasteiger partial charge < -0.3 is 14.8 Å². The molecule has 6 nitrogen and oxygen atoms in total. The van der Waals surface area contributed by atoms with Crippen LogP contribution in [-0.2, 0) is 0 Å². The molecule has 0 radical (unpaired) electrons. The number of aromatic nitrogens is 3. The second-order valence-electron chi connectivity index (χ2n) is 9.05. The summed E-state index contributed by atoms with van der Waals surface area (Å²) in [5.41, 5.74) is 6.02. The number of aryl methyl sites for hydroxylation is 1. The van der Waals surface area contributed by atoms with E-state index in [-0.39, 0.29) is 6.04 Å². The number of piperidine rings is 1. The SMILES string of the molecule is CCN1CCN(c2cccc3[nH]c([C@@H]4CCC[C@H](c5ncccc5C)N4C)nc23)CC1. The van der Waals surface area contributed by atoms with E-state index in [0.717, 1.165) is 62.4 Å². The highest BCUT2D eigenvalue weighted by Crippen LogP contribution is 2.40. The average Bonchev–Trinajstić information content (AvgIpc) is 3.24. The molecule has 2 aromatic heterocycles. The molecule has 2 atom stereocenters. The fraction of sp³-hybridized carbons (Fsp3) is 0.520. The number of hydrogen-bond donors (Lipinski definition) is 1. The van der Waals surface area contributed by atoms with Gasteiger partial charge in [-0.1, -0.05) is 19.1 Å². The lowest BCUT2D eigenvalue weighted by Gasteiger charge is -2.38. The number of piperazine rings is 1. The van der Waals surface area contributed by atoms with Gasteiger partial charge in [0.2, 0.25) is 0 Å². The summed E-state index contributed by atoms with van der Waals surface area (Å²) in [5, 5.41) is 0. The maximum absolute atomic E-state index is 5.18. The van der Waals surface area contributed by atoms with E-state index in [2.05, 4.69) is 64.8 Å². The fourth-order valence-corrected chi connectivity index (χ4v) is 5.39. The Balaban J connectivity index is 1.43. The van der Waals surface area contributed by atoms with Crippen LogP contribution in [0.1, 0.15) is 55.4 Å². The van der Waals surface area contributed by atoms with Crippen molar-refractivity contribution in [3.05, 3.63) is 53.6 Å². The molecule has 0 aliphatic carbocycles. The number of benzene rings is 1. The number of fused-ring (bicyclic) bond motifs is 1. The minimum absolute atomic E-state index is 0.289. The van der Waals surface area contributed by atoms with Crippen molar-refractivity contribution in [2.45, 2.75) is 45.2 Å². The smallest absolute Gasteiger partial charge is 0.124 e. The Morgan fingerprint density at radius 2 is 1.84 bits per heavy atom. The quantitative estimate of drug-likeness (QED) is 0.684. The molecule has 0 amide bonds. The first-order valence-corrected chi connectivity index (χ1v) is 11.7. The highest BCUT2D eigenvalue weighted by Gasteiger charge is 2.33. The van der Waals surface area contributed by atoms with Crippen molar-refractivity contribution in [1.29, 1.82) is 0 Å². The number of likely N-dealkylation sites (tertiary alicyclic amines) is 1. The lowest BCUT2D eigenvalue weighted by Crippen LogP contribution is -2.46. The summed E-state index contributed by atoms with van der Waals surface area (Å²) in [6.07, 6.45) is 5.39. The molecule has 4 heterocycles. The van der Waals surface area contributed by atoms with Gasteiger partial charge in [0.15, 0.2) is 0 Å². The zero-order valence-electron chi connectivity index (χ0n) is 19.0. The lowest BCUT2D eigenvalue weighted by atomic mass is 9.92. The van der Waals surface area contributed by atoms with E-state index >= 15 is 0 Å². The minimum atomic E-state index is 0.289. The molecule has 0 spiro atoms. The maximum Gasteiger partial charge on any atom is 0.124 e. The number of imidazole rings is 1. The highest BCUT2D eigenvalue weighted by molar-refractivity contribution is 5.89. The predicted molar refractivity (Wildman–Crippen MR) is 126 cm³/mol. The minimum Gasteiger partial charge on any atom is -0.367 e. The summed E-state index contributed by atoms with van der Waals surface area (Å²) in [6, 6.07) is 11.4. The van der Waals surface area contributed by atoms with Crippen LogP contribution < -0.4 is 4.90 Å². The van der Waals surface area contributed by atoms with Crippen molar-refractivity contribution in [1.82, 2.24) is 24.8 Å². The molecule has 0 bridgehead atoms. The molecule has 1 N–H and O–H groups in total. The Bertz CT molecular complexity index is 1040. The van der Waals surface area contributed by atoms with Crippen LogP contribution in [0, 0.1) is 6.92 Å². The summed E-state index contributed by atoms with van der Waals surface area (Å²) >= 11 is 0. The van der Waals surface area contributed by atoms with E-state index in [0.29, 0.717) is 6.04 Å². The molecular formula is C25H34N6. The van der Waals surface area contributed by atoms with E-state index in [9.17, 15) is 0 Å². The van der Waals surface area contributed by atoms with Gasteiger partial charge in [0.05, 0.1) is 29.0 Å². The van der Waals surface area contributed by atoms with Gasteiger partial charge in [0.25, 0.3) is 0 Å². The normalized spacial score (nSPS) is 23.5. The molecule has 6 heteroatoms. The number of rotatable bonds is 4. The number of nitrogens with one attached hydrogen (secondary N) is 1. The van der Waals surface area contributed by atoms with Crippen molar-refractivity contribution >= 4 is 16.7 Å². The molecule has 5 rings (SSSR count). The monoisotopic (exact) mass is 418 g/mol. The molecule has 0 unspecified atom stereocenters. The average molecular weight is 419 g/mol. The zero-order chi connectivity index (χ0) is 21.4. The molecule has 2 aliphatic heterocycles. The van der Waals surface area contributed by atoms with Gasteiger partial charge in [-0.25, -0.2) is 4.98 Å². The number of H-pyrrole nitrogens is 1. The van der Waals surface area contributed by atoms with E-state index in [1.165, 1.54) is 23.4 Å². The van der Waals surface area contributed by atoms with Crippen molar-refractivity contribution < 1.29 is 0 Å². The number of para-hydroxylation sites is 1. The van der Waals surface area contributed by atoms with Crippen molar-refractivity contribution in [3.63, 3.8) is 0 Å². The van der Waals surface area contributed by atoms with Crippen LogP contribution in [0.25, 0.3) is 11.0 Å². The summed E-state index contributed by atoms with van der Waals surface area (Å²) in [5.74, 6) is 1.09. The Kier molecular flexibility index (Phi) is 5.67. The van der Waals surface area contributed by atoms with Gasteiger partial charge >= 0.3 is 0 Å². The van der Waals surface area contributed by atoms with Gasteiger partial charge in [-0.3, -0.25) is 9.88 Å². The Morgan fingerprint density at radius 1 is 1.03 bits per heavy atom. The van der Waals surface area contributed by atoms with E-state index < -0.39 is 0 Å². The van der Waals surface area contributed by atoms with E-state index in [4.69, 9.17) is 9.97 Å². The number of anilines is 1. The predicted octanol–water partition coefficient (Wildman–Crippen LogP) is 4.31. The Morgan fingerprint density at radius 3 is 2.61 bits per heavy atom. The van der Waals surface area contributed by atoms with Crippen molar-refractivity contribution in [2.75, 3.05) is 44.7 Å². The van der Waals surface area contributed by atoms with E-state index in [1.54, 1.807) is 0 Å². The Hall–Kier alpha value is -2.44. The molecule has 31 heavy (non-hydrogen) atoms. The number of nitrogens with zero attached hydrogens (tertiary/aromatic N) is 5. The highest BCUT2D eigenvalue weighted by atomic mass is 15.3. The lowest BCUT2D eigenvalue weighted by molar-refractivity contribution is 0.107. The number of pyridine rings is 1. The van der Waals surface area contributed by atoms with Crippen LogP contribution in [0.2, 0.25) is 0 Å². The standard InChI is InChI=1S/C25H34N6/c1-4-30-14-16-31(17-15-30)21-11-5-9-19-24(21)28-25(27-19)22-12-6-10-20(29(22)3)23-18(2)8-7-13-26-23/h5,7-9,11,13,20,22H,4,6,10,12,14-17H2,1-3H3,(H,27,28)/t20-,22+/m1/s1. The summed E-state index contributed by atoms with van der Waals surface area (Å²) in [4.78, 5) is 21.1. The third-order valence-electron chi connectivity index (χ3n) is 7.29. The molecule has 164 valence electrons. The molecule has 1 aromatic carbocycles. The van der Waals surface area contributed by atoms with E-state index in [1.807, 2.05) is 12.3 Å². The van der Waals surface area contributed by atoms with Gasteiger partial charge in [-0.05, 0) is 63.5 Å². The topological polar surface area (TPSA) is 51.3 Å². The molecule has 0 saturated carbocycles. The molecule has 3 aromatic rings. The molecule has 2 fully saturated rings. The summed E-state index contributed by atoms with van der Waals surface area (Å²) in [6.45, 7) is 9.94. The molecule has 2 saturated heterocycles. The molecular weight excluding hydrogens is 384 g/mol. The van der Waals surface area contributed by atoms with Gasteiger partial charge in [-0.2, -0.15) is 0 Å². The van der Waals surface area contributed by atoms with Gasteiger partial charge in [0.1, 0.15) is 11.3 Å². The third-order valence-corrected chi connectivity index (χ3v) is 7.29. The van der Waals surface area contributed by atoms with Crippen LogP contribution in [0.5, 0.6) is 0 Å². The van der Waals surface area contributed by atoms with Crippen LogP contribution in [-0.4, -0.2) is 64.5 Å². The van der Waals surface area contributed by atoms with Crippen LogP contribution in [0.4, 0.5) is 5.69 Å². The zero-order valence-corrected chi connectivity index (χ0v) is 19.0. The number of hydrogen-bond acceptors (Lipinski definition) is 5. The molecule has 2 aliphatic rings. The first kappa shape index (κ1) is 20.5. The maximum atomic E-state index is 5.18. The van der Waals surface area contributed by atoms with Gasteiger partial charge in [-0.15, -0.1) is 0 Å². The second kappa shape index (κ2) is 8.60. The number of likely N-dealkylation sites (N-methyl/N-ethyl adjacent to an activating group) is 1. The largest absolute Gasteiger partial charge is 0.367 e. The first-order chi connectivity index (χ1) is 15.2. The Labute approximate surface area is 185 Å². The second-order valence-corrected chi connectivity index (χ2v) is 9.05. The number of aromatic amines is 1. The third kappa shape index (κ3) is 3.83. The van der Waals surface area contributed by atoms with Crippen molar-refractivity contribution in [3.8, 4) is 0 Å². The first-order valence-electron chi connectivity index (χ1n) is 11.7. The fourth-order valence-electron chi connectivity index (χ4n) is 5.39. The van der Waals surface area contributed by atoms with Crippen molar-refractivity contribution in [2.24, 2.45) is 0 Å². The summed E-state index contributed by atoms with van der Waals surface area (Å²) in [7, 11) is 2.24. The van der Waals surface area contributed by atoms with Crippen LogP contribution >= 0.6 is 0 Å². The van der Waals surface area contributed by atoms with Crippen LogP contribution in [0.15, 0.2) is 36.5 Å². The van der Waals surface area contributed by atoms with Gasteiger partial charge in [0, 0.05) is 32.4 Å². The summed E-state index contributed by atoms with van der Waals surface area (Å²) < 4.78 is 0.